The van der Waals surface area contributed by atoms with Gasteiger partial charge in [0.1, 0.15) is 5.82 Å². The second kappa shape index (κ2) is 4.27. The summed E-state index contributed by atoms with van der Waals surface area (Å²) < 4.78 is 12.9. The van der Waals surface area contributed by atoms with Crippen LogP contribution in [0.1, 0.15) is 5.56 Å². The molecule has 0 bridgehead atoms. The first kappa shape index (κ1) is 10.0. The van der Waals surface area contributed by atoms with E-state index in [4.69, 9.17) is 23.2 Å². The highest BCUT2D eigenvalue weighted by Gasteiger charge is 2.05. The molecule has 4 heteroatoms. The average molecular weight is 217 g/mol. The van der Waals surface area contributed by atoms with Gasteiger partial charge in [-0.05, 0) is 18.1 Å². The molecule has 66 valence electrons. The zero-order valence-corrected chi connectivity index (χ0v) is 7.79. The molecule has 1 rings (SSSR count). The van der Waals surface area contributed by atoms with E-state index in [1.54, 1.807) is 0 Å². The van der Waals surface area contributed by atoms with Crippen LogP contribution in [0.4, 0.5) is 4.39 Å². The van der Waals surface area contributed by atoms with E-state index < -0.39 is 5.82 Å². The number of benzene rings is 1. The maximum atomic E-state index is 12.9. The van der Waals surface area contributed by atoms with Gasteiger partial charge in [0.25, 0.3) is 0 Å². The van der Waals surface area contributed by atoms with Crippen LogP contribution >= 0.6 is 23.2 Å². The standard InChI is InChI=1S/C9H3Cl2FO/c10-7-4-6(2-1-3-13)5-8(12)9(7)11/h3-5H. The lowest BCUT2D eigenvalue weighted by molar-refractivity contribution is -0.103. The molecule has 0 saturated heterocycles. The van der Waals surface area contributed by atoms with Crippen molar-refractivity contribution >= 4 is 29.5 Å². The van der Waals surface area contributed by atoms with Crippen LogP contribution in [0.5, 0.6) is 0 Å². The zero-order valence-electron chi connectivity index (χ0n) is 6.27. The van der Waals surface area contributed by atoms with Crippen LogP contribution in [0.3, 0.4) is 0 Å². The number of carbonyl (C=O) groups is 1. The molecule has 0 aliphatic carbocycles. The fraction of sp³-hybridized carbons (Fsp3) is 0. The van der Waals surface area contributed by atoms with Gasteiger partial charge in [-0.25, -0.2) is 4.39 Å². The fourth-order valence-corrected chi connectivity index (χ4v) is 1.06. The third-order valence-corrected chi connectivity index (χ3v) is 2.04. The molecule has 0 fully saturated rings. The largest absolute Gasteiger partial charge is 0.289 e. The highest BCUT2D eigenvalue weighted by atomic mass is 35.5. The van der Waals surface area contributed by atoms with Gasteiger partial charge in [0, 0.05) is 5.56 Å². The van der Waals surface area contributed by atoms with Crippen molar-refractivity contribution in [2.45, 2.75) is 0 Å². The topological polar surface area (TPSA) is 17.1 Å². The van der Waals surface area contributed by atoms with Gasteiger partial charge in [0.05, 0.1) is 10.0 Å². The Kier molecular flexibility index (Phi) is 3.30. The maximum Gasteiger partial charge on any atom is 0.193 e. The monoisotopic (exact) mass is 216 g/mol. The molecule has 0 amide bonds. The van der Waals surface area contributed by atoms with Crippen LogP contribution in [0.25, 0.3) is 0 Å². The summed E-state index contributed by atoms with van der Waals surface area (Å²) in [6, 6.07) is 2.51. The third-order valence-electron chi connectivity index (χ3n) is 1.26. The Labute approximate surface area is 84.5 Å². The van der Waals surface area contributed by atoms with Crippen LogP contribution in [-0.4, -0.2) is 6.29 Å². The lowest BCUT2D eigenvalue weighted by Gasteiger charge is -1.97. The summed E-state index contributed by atoms with van der Waals surface area (Å²) in [6.07, 6.45) is 0.417. The van der Waals surface area contributed by atoms with Crippen LogP contribution in [-0.2, 0) is 4.79 Å². The Balaban J connectivity index is 3.20. The van der Waals surface area contributed by atoms with Crippen molar-refractivity contribution in [3.8, 4) is 11.8 Å². The molecule has 0 aliphatic heterocycles. The number of rotatable bonds is 0. The number of hydrogen-bond donors (Lipinski definition) is 0. The molecule has 0 spiro atoms. The fourth-order valence-electron chi connectivity index (χ4n) is 0.740. The van der Waals surface area contributed by atoms with Crippen molar-refractivity contribution in [2.75, 3.05) is 0 Å². The molecule has 13 heavy (non-hydrogen) atoms. The van der Waals surface area contributed by atoms with E-state index in [1.165, 1.54) is 6.07 Å². The van der Waals surface area contributed by atoms with E-state index in [9.17, 15) is 9.18 Å². The van der Waals surface area contributed by atoms with Crippen molar-refractivity contribution in [1.29, 1.82) is 0 Å². The number of halogens is 3. The minimum atomic E-state index is -0.649. The molecular weight excluding hydrogens is 214 g/mol. The molecule has 1 nitrogen and oxygen atoms in total. The van der Waals surface area contributed by atoms with Gasteiger partial charge in [0.15, 0.2) is 6.29 Å². The molecule has 0 aromatic heterocycles. The van der Waals surface area contributed by atoms with E-state index >= 15 is 0 Å². The van der Waals surface area contributed by atoms with E-state index in [-0.39, 0.29) is 10.0 Å². The zero-order chi connectivity index (χ0) is 9.84. The van der Waals surface area contributed by atoms with E-state index in [2.05, 4.69) is 11.8 Å². The van der Waals surface area contributed by atoms with Crippen molar-refractivity contribution in [3.63, 3.8) is 0 Å². The van der Waals surface area contributed by atoms with Crippen LogP contribution in [0.15, 0.2) is 12.1 Å². The van der Waals surface area contributed by atoms with Gasteiger partial charge in [-0.1, -0.05) is 29.1 Å². The smallest absolute Gasteiger partial charge is 0.193 e. The Bertz CT molecular complexity index is 381. The second-order valence-corrected chi connectivity index (χ2v) is 2.93. The van der Waals surface area contributed by atoms with Crippen molar-refractivity contribution < 1.29 is 9.18 Å². The van der Waals surface area contributed by atoms with Gasteiger partial charge >= 0.3 is 0 Å². The second-order valence-electron chi connectivity index (χ2n) is 2.14. The van der Waals surface area contributed by atoms with Crippen molar-refractivity contribution in [3.05, 3.63) is 33.6 Å². The number of carbonyl (C=O) groups excluding carboxylic acids is 1. The SMILES string of the molecule is O=CC#Cc1cc(F)c(Cl)c(Cl)c1. The maximum absolute atomic E-state index is 12.9. The van der Waals surface area contributed by atoms with Gasteiger partial charge in [-0.3, -0.25) is 4.79 Å². The highest BCUT2D eigenvalue weighted by molar-refractivity contribution is 6.42. The quantitative estimate of drug-likeness (QED) is 0.371. The molecule has 1 aromatic carbocycles. The first-order valence-electron chi connectivity index (χ1n) is 3.25. The van der Waals surface area contributed by atoms with E-state index in [1.807, 2.05) is 0 Å². The normalized spacial score (nSPS) is 8.85. The summed E-state index contributed by atoms with van der Waals surface area (Å²) in [7, 11) is 0. The van der Waals surface area contributed by atoms with Crippen LogP contribution in [0.2, 0.25) is 10.0 Å². The highest BCUT2D eigenvalue weighted by Crippen LogP contribution is 2.25. The molecule has 0 radical (unpaired) electrons. The van der Waals surface area contributed by atoms with Gasteiger partial charge in [0.2, 0.25) is 0 Å². The third kappa shape index (κ3) is 2.45. The molecule has 0 saturated carbocycles. The minimum absolute atomic E-state index is 0.0804. The van der Waals surface area contributed by atoms with Gasteiger partial charge in [-0.2, -0.15) is 0 Å². The Morgan fingerprint density at radius 2 is 2.08 bits per heavy atom. The summed E-state index contributed by atoms with van der Waals surface area (Å²) in [4.78, 5) is 9.89. The molecule has 0 unspecified atom stereocenters. The van der Waals surface area contributed by atoms with E-state index in [0.29, 0.717) is 11.8 Å². The molecule has 0 heterocycles. The number of hydrogen-bond acceptors (Lipinski definition) is 1. The van der Waals surface area contributed by atoms with Crippen LogP contribution in [0, 0.1) is 17.7 Å². The predicted molar refractivity (Wildman–Crippen MR) is 49.4 cm³/mol. The predicted octanol–water partition coefficient (Wildman–Crippen LogP) is 2.68. The molecule has 0 atom stereocenters. The Morgan fingerprint density at radius 1 is 1.38 bits per heavy atom. The summed E-state index contributed by atoms with van der Waals surface area (Å²) in [5, 5.41) is -0.0600. The van der Waals surface area contributed by atoms with Crippen LogP contribution < -0.4 is 0 Å². The molecular formula is C9H3Cl2FO. The summed E-state index contributed by atoms with van der Waals surface area (Å²) in [6.45, 7) is 0. The summed E-state index contributed by atoms with van der Waals surface area (Å²) >= 11 is 11.0. The molecule has 0 N–H and O–H groups in total. The minimum Gasteiger partial charge on any atom is -0.289 e. The lowest BCUT2D eigenvalue weighted by atomic mass is 10.2. The number of aldehydes is 1. The van der Waals surface area contributed by atoms with Crippen molar-refractivity contribution in [1.82, 2.24) is 0 Å². The molecule has 0 aliphatic rings. The lowest BCUT2D eigenvalue weighted by Crippen LogP contribution is -1.82. The average Bonchev–Trinajstić information content (AvgIpc) is 2.10. The first-order valence-corrected chi connectivity index (χ1v) is 4.00. The first-order chi connectivity index (χ1) is 6.15. The van der Waals surface area contributed by atoms with Gasteiger partial charge < -0.3 is 0 Å². The van der Waals surface area contributed by atoms with E-state index in [0.717, 1.165) is 6.07 Å². The summed E-state index contributed by atoms with van der Waals surface area (Å²) in [5.74, 6) is 3.89. The van der Waals surface area contributed by atoms with Gasteiger partial charge in [-0.15, -0.1) is 0 Å². The Hall–Kier alpha value is -1.04. The van der Waals surface area contributed by atoms with Crippen molar-refractivity contribution in [2.24, 2.45) is 0 Å². The molecule has 1 aromatic rings. The Morgan fingerprint density at radius 3 is 2.62 bits per heavy atom. The summed E-state index contributed by atoms with van der Waals surface area (Å²) in [5.41, 5.74) is 0.319.